The van der Waals surface area contributed by atoms with E-state index in [1.807, 2.05) is 13.0 Å². The molecule has 0 unspecified atom stereocenters. The quantitative estimate of drug-likeness (QED) is 0.822. The minimum Gasteiger partial charge on any atom is -0.496 e. The van der Waals surface area contributed by atoms with Gasteiger partial charge in [-0.2, -0.15) is 0 Å². The van der Waals surface area contributed by atoms with E-state index < -0.39 is 0 Å². The van der Waals surface area contributed by atoms with Crippen molar-refractivity contribution in [3.8, 4) is 5.75 Å². The zero-order valence-corrected chi connectivity index (χ0v) is 9.82. The van der Waals surface area contributed by atoms with E-state index >= 15 is 0 Å². The number of para-hydroxylation sites is 1. The van der Waals surface area contributed by atoms with Crippen LogP contribution in [0.5, 0.6) is 5.75 Å². The van der Waals surface area contributed by atoms with E-state index in [1.54, 1.807) is 32.4 Å². The zero-order chi connectivity index (χ0) is 12.0. The Balaban J connectivity index is 2.72. The van der Waals surface area contributed by atoms with Gasteiger partial charge in [0, 0.05) is 13.2 Å². The van der Waals surface area contributed by atoms with Crippen molar-refractivity contribution < 1.29 is 14.3 Å². The van der Waals surface area contributed by atoms with Crippen molar-refractivity contribution in [2.24, 2.45) is 0 Å². The van der Waals surface area contributed by atoms with Crippen LogP contribution in [-0.2, 0) is 4.74 Å². The third kappa shape index (κ3) is 3.24. The molecule has 4 nitrogen and oxygen atoms in total. The highest BCUT2D eigenvalue weighted by Crippen LogP contribution is 2.16. The van der Waals surface area contributed by atoms with Crippen molar-refractivity contribution in [2.45, 2.75) is 13.0 Å². The largest absolute Gasteiger partial charge is 0.496 e. The van der Waals surface area contributed by atoms with Crippen LogP contribution in [0.25, 0.3) is 0 Å². The normalized spacial score (nSPS) is 11.9. The van der Waals surface area contributed by atoms with Crippen LogP contribution >= 0.6 is 0 Å². The lowest BCUT2D eigenvalue weighted by Crippen LogP contribution is -2.35. The average Bonchev–Trinajstić information content (AvgIpc) is 2.29. The summed E-state index contributed by atoms with van der Waals surface area (Å²) in [6, 6.07) is 7.10. The lowest BCUT2D eigenvalue weighted by molar-refractivity contribution is 0.0902. The molecule has 0 bridgehead atoms. The molecule has 1 aromatic carbocycles. The van der Waals surface area contributed by atoms with Gasteiger partial charge in [0.05, 0.1) is 19.3 Å². The van der Waals surface area contributed by atoms with Gasteiger partial charge in [0.1, 0.15) is 5.75 Å². The number of amides is 1. The van der Waals surface area contributed by atoms with Crippen LogP contribution in [0.15, 0.2) is 24.3 Å². The average molecular weight is 223 g/mol. The molecule has 0 aliphatic heterocycles. The van der Waals surface area contributed by atoms with Gasteiger partial charge in [0.25, 0.3) is 5.91 Å². The van der Waals surface area contributed by atoms with Crippen molar-refractivity contribution in [3.05, 3.63) is 29.8 Å². The first-order valence-corrected chi connectivity index (χ1v) is 5.12. The molecule has 1 atom stereocenters. The Kier molecular flexibility index (Phi) is 4.79. The maximum atomic E-state index is 11.9. The molecule has 1 aromatic rings. The molecular formula is C12H17NO3. The summed E-state index contributed by atoms with van der Waals surface area (Å²) in [4.78, 5) is 11.9. The van der Waals surface area contributed by atoms with Crippen molar-refractivity contribution in [2.75, 3.05) is 20.8 Å². The first-order valence-electron chi connectivity index (χ1n) is 5.12. The first kappa shape index (κ1) is 12.5. The van der Waals surface area contributed by atoms with Crippen LogP contribution in [0.1, 0.15) is 17.3 Å². The highest BCUT2D eigenvalue weighted by atomic mass is 16.5. The summed E-state index contributed by atoms with van der Waals surface area (Å²) in [5.41, 5.74) is 0.535. The van der Waals surface area contributed by atoms with Crippen LogP contribution in [0.3, 0.4) is 0 Å². The van der Waals surface area contributed by atoms with E-state index in [4.69, 9.17) is 9.47 Å². The van der Waals surface area contributed by atoms with Gasteiger partial charge in [-0.1, -0.05) is 12.1 Å². The van der Waals surface area contributed by atoms with E-state index in [0.29, 0.717) is 17.9 Å². The Hall–Kier alpha value is -1.55. The molecular weight excluding hydrogens is 206 g/mol. The number of carbonyl (C=O) groups excluding carboxylic acids is 1. The van der Waals surface area contributed by atoms with Gasteiger partial charge in [0.15, 0.2) is 0 Å². The minimum absolute atomic E-state index is 0.0255. The third-order valence-electron chi connectivity index (χ3n) is 2.15. The molecule has 1 amide bonds. The van der Waals surface area contributed by atoms with Gasteiger partial charge < -0.3 is 14.8 Å². The molecule has 0 spiro atoms. The summed E-state index contributed by atoms with van der Waals surface area (Å²) in [6.45, 7) is 2.37. The van der Waals surface area contributed by atoms with Gasteiger partial charge >= 0.3 is 0 Å². The van der Waals surface area contributed by atoms with Crippen LogP contribution in [0.4, 0.5) is 0 Å². The molecule has 1 N–H and O–H groups in total. The number of carbonyl (C=O) groups is 1. The fourth-order valence-corrected chi connectivity index (χ4v) is 1.43. The molecule has 1 rings (SSSR count). The maximum absolute atomic E-state index is 11.9. The van der Waals surface area contributed by atoms with E-state index in [-0.39, 0.29) is 11.9 Å². The lowest BCUT2D eigenvalue weighted by Gasteiger charge is -2.14. The van der Waals surface area contributed by atoms with Crippen molar-refractivity contribution in [1.29, 1.82) is 0 Å². The molecule has 0 aliphatic rings. The molecule has 4 heteroatoms. The minimum atomic E-state index is -0.151. The predicted molar refractivity (Wildman–Crippen MR) is 61.8 cm³/mol. The number of ether oxygens (including phenoxy) is 2. The highest BCUT2D eigenvalue weighted by Gasteiger charge is 2.13. The van der Waals surface area contributed by atoms with E-state index in [0.717, 1.165) is 0 Å². The molecule has 0 radical (unpaired) electrons. The van der Waals surface area contributed by atoms with Crippen LogP contribution in [-0.4, -0.2) is 32.8 Å². The van der Waals surface area contributed by atoms with Gasteiger partial charge in [-0.25, -0.2) is 0 Å². The summed E-state index contributed by atoms with van der Waals surface area (Å²) in [6.07, 6.45) is 0. The van der Waals surface area contributed by atoms with Crippen molar-refractivity contribution in [1.82, 2.24) is 5.32 Å². The van der Waals surface area contributed by atoms with E-state index in [2.05, 4.69) is 5.32 Å². The Bertz CT molecular complexity index is 352. The standard InChI is InChI=1S/C12H17NO3/c1-9(8-15-2)13-12(14)10-6-4-5-7-11(10)16-3/h4-7,9H,8H2,1-3H3,(H,13,14)/t9-/m1/s1. The maximum Gasteiger partial charge on any atom is 0.255 e. The molecule has 0 aliphatic carbocycles. The van der Waals surface area contributed by atoms with Crippen LogP contribution < -0.4 is 10.1 Å². The lowest BCUT2D eigenvalue weighted by atomic mass is 10.2. The molecule has 0 saturated carbocycles. The Morgan fingerprint density at radius 1 is 1.38 bits per heavy atom. The summed E-state index contributed by atoms with van der Waals surface area (Å²) in [7, 11) is 3.15. The molecule has 16 heavy (non-hydrogen) atoms. The third-order valence-corrected chi connectivity index (χ3v) is 2.15. The molecule has 0 fully saturated rings. The van der Waals surface area contributed by atoms with Gasteiger partial charge in [-0.3, -0.25) is 4.79 Å². The Morgan fingerprint density at radius 3 is 2.69 bits per heavy atom. The van der Waals surface area contributed by atoms with Gasteiger partial charge in [0.2, 0.25) is 0 Å². The summed E-state index contributed by atoms with van der Waals surface area (Å²) >= 11 is 0. The number of rotatable bonds is 5. The smallest absolute Gasteiger partial charge is 0.255 e. The second kappa shape index (κ2) is 6.12. The molecule has 88 valence electrons. The van der Waals surface area contributed by atoms with Gasteiger partial charge in [-0.05, 0) is 19.1 Å². The fourth-order valence-electron chi connectivity index (χ4n) is 1.43. The van der Waals surface area contributed by atoms with Crippen LogP contribution in [0.2, 0.25) is 0 Å². The van der Waals surface area contributed by atoms with E-state index in [1.165, 1.54) is 0 Å². The van der Waals surface area contributed by atoms with Crippen molar-refractivity contribution >= 4 is 5.91 Å². The second-order valence-corrected chi connectivity index (χ2v) is 3.53. The topological polar surface area (TPSA) is 47.6 Å². The van der Waals surface area contributed by atoms with Crippen LogP contribution in [0, 0.1) is 0 Å². The number of methoxy groups -OCH3 is 2. The Morgan fingerprint density at radius 2 is 2.06 bits per heavy atom. The second-order valence-electron chi connectivity index (χ2n) is 3.53. The summed E-state index contributed by atoms with van der Waals surface area (Å²) in [5, 5.41) is 2.83. The monoisotopic (exact) mass is 223 g/mol. The molecule has 0 heterocycles. The van der Waals surface area contributed by atoms with Crippen molar-refractivity contribution in [3.63, 3.8) is 0 Å². The summed E-state index contributed by atoms with van der Waals surface area (Å²) < 4.78 is 10.1. The van der Waals surface area contributed by atoms with E-state index in [9.17, 15) is 4.79 Å². The van der Waals surface area contributed by atoms with Gasteiger partial charge in [-0.15, -0.1) is 0 Å². The zero-order valence-electron chi connectivity index (χ0n) is 9.82. The number of hydrogen-bond acceptors (Lipinski definition) is 3. The Labute approximate surface area is 95.6 Å². The SMILES string of the molecule is COC[C@@H](C)NC(=O)c1ccccc1OC. The predicted octanol–water partition coefficient (Wildman–Crippen LogP) is 1.46. The number of nitrogens with one attached hydrogen (secondary N) is 1. The highest BCUT2D eigenvalue weighted by molar-refractivity contribution is 5.97. The number of benzene rings is 1. The first-order chi connectivity index (χ1) is 7.69. The summed E-state index contributed by atoms with van der Waals surface area (Å²) in [5.74, 6) is 0.423. The molecule has 0 saturated heterocycles. The number of hydrogen-bond donors (Lipinski definition) is 1. The molecule has 0 aromatic heterocycles. The fraction of sp³-hybridized carbons (Fsp3) is 0.417.